The summed E-state index contributed by atoms with van der Waals surface area (Å²) in [5.74, 6) is 5.79. The maximum Gasteiger partial charge on any atom is 0.239 e. The van der Waals surface area contributed by atoms with Crippen LogP contribution in [0.25, 0.3) is 10.2 Å². The zero-order valence-corrected chi connectivity index (χ0v) is 13.1. The number of thiophene rings is 1. The van der Waals surface area contributed by atoms with Crippen LogP contribution in [0.4, 0.5) is 5.95 Å². The number of anilines is 1. The van der Waals surface area contributed by atoms with Crippen molar-refractivity contribution >= 4 is 62.5 Å². The minimum Gasteiger partial charge on any atom is -0.292 e. The van der Waals surface area contributed by atoms with Crippen molar-refractivity contribution in [2.24, 2.45) is 5.84 Å². The third-order valence-corrected chi connectivity index (χ3v) is 5.06. The number of nitrogen functional groups attached to an aromatic ring is 1. The van der Waals surface area contributed by atoms with E-state index in [2.05, 4.69) is 15.4 Å². The third kappa shape index (κ3) is 2.70. The minimum atomic E-state index is 0.391. The summed E-state index contributed by atoms with van der Waals surface area (Å²) in [7, 11) is 0. The first-order valence-electron chi connectivity index (χ1n) is 5.52. The molecule has 0 aliphatic heterocycles. The Labute approximate surface area is 133 Å². The molecule has 0 aliphatic carbocycles. The molecule has 0 saturated heterocycles. The predicted octanol–water partition coefficient (Wildman–Crippen LogP) is 4.43. The van der Waals surface area contributed by atoms with E-state index in [9.17, 15) is 0 Å². The number of aromatic nitrogens is 2. The van der Waals surface area contributed by atoms with Crippen molar-refractivity contribution in [1.29, 1.82) is 0 Å². The quantitative estimate of drug-likeness (QED) is 0.418. The smallest absolute Gasteiger partial charge is 0.239 e. The standard InChI is InChI=1S/C12H8Cl2N4S2/c13-8-2-1-6(5-9(8)14)20-11-7-3-4-19-10(7)16-12(17-11)18-15/h1-5H,15H2,(H,16,17,18). The van der Waals surface area contributed by atoms with Gasteiger partial charge in [-0.15, -0.1) is 11.3 Å². The van der Waals surface area contributed by atoms with E-state index in [1.54, 1.807) is 17.4 Å². The van der Waals surface area contributed by atoms with E-state index >= 15 is 0 Å². The molecule has 0 saturated carbocycles. The summed E-state index contributed by atoms with van der Waals surface area (Å²) < 4.78 is 0. The summed E-state index contributed by atoms with van der Waals surface area (Å²) in [6.07, 6.45) is 0. The summed E-state index contributed by atoms with van der Waals surface area (Å²) in [6, 6.07) is 7.46. The highest BCUT2D eigenvalue weighted by Crippen LogP contribution is 2.36. The Morgan fingerprint density at radius 3 is 2.75 bits per heavy atom. The van der Waals surface area contributed by atoms with Crippen LogP contribution in [-0.2, 0) is 0 Å². The van der Waals surface area contributed by atoms with E-state index in [1.807, 2.05) is 23.6 Å². The number of fused-ring (bicyclic) bond motifs is 1. The van der Waals surface area contributed by atoms with Gasteiger partial charge >= 0.3 is 0 Å². The highest BCUT2D eigenvalue weighted by atomic mass is 35.5. The normalized spacial score (nSPS) is 10.9. The lowest BCUT2D eigenvalue weighted by molar-refractivity contribution is 1.08. The fourth-order valence-electron chi connectivity index (χ4n) is 1.62. The molecular formula is C12H8Cl2N4S2. The van der Waals surface area contributed by atoms with Gasteiger partial charge in [-0.2, -0.15) is 0 Å². The number of nitrogens with two attached hydrogens (primary N) is 1. The molecule has 1 aromatic carbocycles. The molecule has 2 aromatic heterocycles. The summed E-state index contributed by atoms with van der Waals surface area (Å²) in [4.78, 5) is 10.5. The van der Waals surface area contributed by atoms with Crippen LogP contribution in [0.15, 0.2) is 39.6 Å². The van der Waals surface area contributed by atoms with Crippen LogP contribution in [0, 0.1) is 0 Å². The van der Waals surface area contributed by atoms with Crippen molar-refractivity contribution in [2.45, 2.75) is 9.92 Å². The van der Waals surface area contributed by atoms with Crippen LogP contribution in [-0.4, -0.2) is 9.97 Å². The molecule has 0 unspecified atom stereocenters. The Kier molecular flexibility index (Phi) is 4.00. The number of hydrogen-bond donors (Lipinski definition) is 2. The average Bonchev–Trinajstić information content (AvgIpc) is 2.91. The lowest BCUT2D eigenvalue weighted by Crippen LogP contribution is -2.10. The van der Waals surface area contributed by atoms with Crippen LogP contribution >= 0.6 is 46.3 Å². The van der Waals surface area contributed by atoms with Crippen molar-refractivity contribution in [3.05, 3.63) is 39.7 Å². The third-order valence-electron chi connectivity index (χ3n) is 2.52. The Bertz CT molecular complexity index is 775. The number of hydrogen-bond acceptors (Lipinski definition) is 6. The van der Waals surface area contributed by atoms with Crippen LogP contribution in [0.3, 0.4) is 0 Å². The largest absolute Gasteiger partial charge is 0.292 e. The molecule has 3 aromatic rings. The second-order valence-electron chi connectivity index (χ2n) is 3.81. The maximum absolute atomic E-state index is 6.03. The molecule has 4 nitrogen and oxygen atoms in total. The van der Waals surface area contributed by atoms with E-state index in [1.165, 1.54) is 11.8 Å². The molecule has 0 atom stereocenters. The summed E-state index contributed by atoms with van der Waals surface area (Å²) in [6.45, 7) is 0. The van der Waals surface area contributed by atoms with Gasteiger partial charge in [0.1, 0.15) is 9.86 Å². The fourth-order valence-corrected chi connectivity index (χ4v) is 3.76. The maximum atomic E-state index is 6.03. The molecule has 102 valence electrons. The fraction of sp³-hybridized carbons (Fsp3) is 0. The SMILES string of the molecule is NNc1nc(Sc2ccc(Cl)c(Cl)c2)c2ccsc2n1. The van der Waals surface area contributed by atoms with E-state index in [4.69, 9.17) is 29.0 Å². The van der Waals surface area contributed by atoms with Crippen molar-refractivity contribution in [3.63, 3.8) is 0 Å². The zero-order valence-electron chi connectivity index (χ0n) is 9.93. The lowest BCUT2D eigenvalue weighted by atomic mass is 10.4. The Hall–Kier alpha value is -1.05. The molecule has 0 fully saturated rings. The van der Waals surface area contributed by atoms with Gasteiger partial charge in [0.25, 0.3) is 0 Å². The summed E-state index contributed by atoms with van der Waals surface area (Å²) >= 11 is 15.0. The van der Waals surface area contributed by atoms with Crippen LogP contribution in [0.5, 0.6) is 0 Å². The van der Waals surface area contributed by atoms with Gasteiger partial charge in [0, 0.05) is 10.3 Å². The van der Waals surface area contributed by atoms with Gasteiger partial charge in [-0.1, -0.05) is 35.0 Å². The average molecular weight is 343 g/mol. The van der Waals surface area contributed by atoms with Gasteiger partial charge in [0.05, 0.1) is 10.0 Å². The van der Waals surface area contributed by atoms with Gasteiger partial charge in [0.15, 0.2) is 0 Å². The molecule has 8 heteroatoms. The van der Waals surface area contributed by atoms with Crippen molar-refractivity contribution in [1.82, 2.24) is 9.97 Å². The number of hydrazine groups is 1. The molecule has 2 heterocycles. The van der Waals surface area contributed by atoms with E-state index in [0.717, 1.165) is 20.1 Å². The van der Waals surface area contributed by atoms with Gasteiger partial charge in [-0.3, -0.25) is 5.43 Å². The predicted molar refractivity (Wildman–Crippen MR) is 85.8 cm³/mol. The topological polar surface area (TPSA) is 63.8 Å². The van der Waals surface area contributed by atoms with Crippen molar-refractivity contribution in [3.8, 4) is 0 Å². The van der Waals surface area contributed by atoms with Crippen LogP contribution in [0.2, 0.25) is 10.0 Å². The highest BCUT2D eigenvalue weighted by molar-refractivity contribution is 7.99. The number of rotatable bonds is 3. The Balaban J connectivity index is 2.04. The monoisotopic (exact) mass is 342 g/mol. The Morgan fingerprint density at radius 2 is 2.00 bits per heavy atom. The second kappa shape index (κ2) is 5.75. The number of benzene rings is 1. The molecule has 0 radical (unpaired) electrons. The molecule has 3 rings (SSSR count). The van der Waals surface area contributed by atoms with Gasteiger partial charge in [-0.25, -0.2) is 15.8 Å². The number of halogens is 2. The van der Waals surface area contributed by atoms with Gasteiger partial charge < -0.3 is 0 Å². The van der Waals surface area contributed by atoms with Crippen LogP contribution < -0.4 is 11.3 Å². The molecule has 0 amide bonds. The Morgan fingerprint density at radius 1 is 1.15 bits per heavy atom. The van der Waals surface area contributed by atoms with Crippen LogP contribution in [0.1, 0.15) is 0 Å². The lowest BCUT2D eigenvalue weighted by Gasteiger charge is -2.06. The van der Waals surface area contributed by atoms with Crippen molar-refractivity contribution < 1.29 is 0 Å². The van der Waals surface area contributed by atoms with Gasteiger partial charge in [-0.05, 0) is 29.6 Å². The van der Waals surface area contributed by atoms with Crippen molar-refractivity contribution in [2.75, 3.05) is 5.43 Å². The molecule has 3 N–H and O–H groups in total. The zero-order chi connectivity index (χ0) is 14.1. The molecular weight excluding hydrogens is 335 g/mol. The first kappa shape index (κ1) is 13.9. The molecule has 0 aliphatic rings. The van der Waals surface area contributed by atoms with E-state index in [0.29, 0.717) is 16.0 Å². The minimum absolute atomic E-state index is 0.391. The summed E-state index contributed by atoms with van der Waals surface area (Å²) in [5, 5.41) is 4.83. The molecule has 0 spiro atoms. The molecule has 0 bridgehead atoms. The first-order chi connectivity index (χ1) is 9.67. The highest BCUT2D eigenvalue weighted by Gasteiger charge is 2.10. The second-order valence-corrected chi connectivity index (χ2v) is 6.59. The van der Waals surface area contributed by atoms with E-state index < -0.39 is 0 Å². The molecule has 20 heavy (non-hydrogen) atoms. The van der Waals surface area contributed by atoms with E-state index in [-0.39, 0.29) is 0 Å². The number of nitrogens with one attached hydrogen (secondary N) is 1. The first-order valence-corrected chi connectivity index (χ1v) is 7.97. The van der Waals surface area contributed by atoms with Gasteiger partial charge in [0.2, 0.25) is 5.95 Å². The summed E-state index contributed by atoms with van der Waals surface area (Å²) in [5.41, 5.74) is 2.48. The number of nitrogens with zero attached hydrogens (tertiary/aromatic N) is 2.